The highest BCUT2D eigenvalue weighted by atomic mass is 16.6. The molecule has 2 aliphatic rings. The van der Waals surface area contributed by atoms with E-state index in [4.69, 9.17) is 23.7 Å². The summed E-state index contributed by atoms with van der Waals surface area (Å²) in [5.41, 5.74) is 5.46. The molecule has 7 rings (SSSR count). The zero-order chi connectivity index (χ0) is 42.8. The van der Waals surface area contributed by atoms with Gasteiger partial charge >= 0.3 is 0 Å². The molecule has 0 bridgehead atoms. The summed E-state index contributed by atoms with van der Waals surface area (Å²) in [5.74, 6) is 0. The minimum atomic E-state index is -1.11. The van der Waals surface area contributed by atoms with Crippen LogP contribution in [0.2, 0.25) is 0 Å². The quantitative estimate of drug-likeness (QED) is 0.0525. The van der Waals surface area contributed by atoms with Crippen molar-refractivity contribution in [3.63, 3.8) is 0 Å². The van der Waals surface area contributed by atoms with Crippen molar-refractivity contribution in [2.75, 3.05) is 6.61 Å². The van der Waals surface area contributed by atoms with E-state index in [1.54, 1.807) is 4.68 Å². The maximum Gasteiger partial charge on any atom is 0.125 e. The van der Waals surface area contributed by atoms with E-state index in [0.29, 0.717) is 38.5 Å². The van der Waals surface area contributed by atoms with Crippen molar-refractivity contribution in [3.8, 4) is 0 Å². The molecule has 10 heteroatoms. The summed E-state index contributed by atoms with van der Waals surface area (Å²) in [6.07, 6.45) is 8.19. The van der Waals surface area contributed by atoms with E-state index in [-0.39, 0.29) is 13.0 Å². The van der Waals surface area contributed by atoms with Gasteiger partial charge in [-0.2, -0.15) is 0 Å². The van der Waals surface area contributed by atoms with Gasteiger partial charge in [-0.25, -0.2) is 4.68 Å². The van der Waals surface area contributed by atoms with Gasteiger partial charge in [-0.3, -0.25) is 0 Å². The molecule has 4 aromatic carbocycles. The predicted molar refractivity (Wildman–Crippen MR) is 240 cm³/mol. The van der Waals surface area contributed by atoms with Crippen molar-refractivity contribution in [2.45, 2.75) is 159 Å². The molecule has 1 fully saturated rings. The lowest BCUT2D eigenvalue weighted by atomic mass is 9.89. The van der Waals surface area contributed by atoms with Gasteiger partial charge in [0.25, 0.3) is 0 Å². The van der Waals surface area contributed by atoms with Crippen molar-refractivity contribution >= 4 is 0 Å². The molecular weight excluding hydrogens is 779 g/mol. The molecule has 1 aromatic heterocycles. The van der Waals surface area contributed by atoms with E-state index in [1.807, 2.05) is 121 Å². The van der Waals surface area contributed by atoms with Gasteiger partial charge in [-0.1, -0.05) is 191 Å². The molecule has 1 saturated heterocycles. The minimum Gasteiger partial charge on any atom is -0.388 e. The third-order valence-electron chi connectivity index (χ3n) is 12.3. The van der Waals surface area contributed by atoms with E-state index >= 15 is 0 Å². The van der Waals surface area contributed by atoms with Crippen LogP contribution < -0.4 is 0 Å². The highest BCUT2D eigenvalue weighted by Crippen LogP contribution is 2.42. The summed E-state index contributed by atoms with van der Waals surface area (Å²) < 4.78 is 35.9. The van der Waals surface area contributed by atoms with Gasteiger partial charge in [0.2, 0.25) is 0 Å². The zero-order valence-electron chi connectivity index (χ0n) is 36.5. The Bertz CT molecular complexity index is 1970. The Morgan fingerprint density at radius 3 is 1.52 bits per heavy atom. The van der Waals surface area contributed by atoms with Crippen LogP contribution >= 0.6 is 0 Å². The Labute approximate surface area is 368 Å². The molecule has 0 radical (unpaired) electrons. The molecule has 0 spiro atoms. The smallest absolute Gasteiger partial charge is 0.125 e. The summed E-state index contributed by atoms with van der Waals surface area (Å²) in [6.45, 7) is 3.86. The first-order valence-corrected chi connectivity index (χ1v) is 23.1. The molecule has 0 saturated carbocycles. The third-order valence-corrected chi connectivity index (χ3v) is 12.3. The van der Waals surface area contributed by atoms with E-state index < -0.39 is 48.8 Å². The average molecular weight is 846 g/mol. The number of hydrogen-bond donors (Lipinski definition) is 2. The molecule has 10 nitrogen and oxygen atoms in total. The lowest BCUT2D eigenvalue weighted by Gasteiger charge is -2.47. The first-order chi connectivity index (χ1) is 30.6. The lowest BCUT2D eigenvalue weighted by molar-refractivity contribution is -0.275. The molecule has 62 heavy (non-hydrogen) atoms. The predicted octanol–water partition coefficient (Wildman–Crippen LogP) is 9.82. The maximum absolute atomic E-state index is 11.8. The molecule has 2 aliphatic heterocycles. The summed E-state index contributed by atoms with van der Waals surface area (Å²) in [5, 5.41) is 32.5. The van der Waals surface area contributed by atoms with Crippen LogP contribution in [0.15, 0.2) is 121 Å². The van der Waals surface area contributed by atoms with Gasteiger partial charge < -0.3 is 33.9 Å². The van der Waals surface area contributed by atoms with E-state index in [0.717, 1.165) is 40.8 Å². The Balaban J connectivity index is 1.13. The van der Waals surface area contributed by atoms with Crippen molar-refractivity contribution in [1.82, 2.24) is 15.0 Å². The van der Waals surface area contributed by atoms with Crippen LogP contribution in [0.5, 0.6) is 0 Å². The van der Waals surface area contributed by atoms with Gasteiger partial charge in [0.1, 0.15) is 36.6 Å². The number of rotatable bonds is 26. The van der Waals surface area contributed by atoms with Crippen LogP contribution in [-0.2, 0) is 56.5 Å². The van der Waals surface area contributed by atoms with Gasteiger partial charge in [0.05, 0.1) is 56.6 Å². The second kappa shape index (κ2) is 24.5. The second-order valence-corrected chi connectivity index (χ2v) is 17.0. The number of hydrogen-bond acceptors (Lipinski definition) is 9. The van der Waals surface area contributed by atoms with Crippen LogP contribution in [0.3, 0.4) is 0 Å². The first-order valence-electron chi connectivity index (χ1n) is 23.1. The fourth-order valence-corrected chi connectivity index (χ4v) is 8.91. The Morgan fingerprint density at radius 1 is 0.548 bits per heavy atom. The maximum atomic E-state index is 11.8. The van der Waals surface area contributed by atoms with Crippen molar-refractivity contribution < 1.29 is 33.9 Å². The van der Waals surface area contributed by atoms with Crippen molar-refractivity contribution in [1.29, 1.82) is 0 Å². The Kier molecular flexibility index (Phi) is 18.1. The molecule has 332 valence electrons. The summed E-state index contributed by atoms with van der Waals surface area (Å²) in [6, 6.07) is 39.7. The summed E-state index contributed by atoms with van der Waals surface area (Å²) >= 11 is 0. The van der Waals surface area contributed by atoms with Crippen molar-refractivity contribution in [3.05, 3.63) is 155 Å². The van der Waals surface area contributed by atoms with Crippen molar-refractivity contribution in [2.24, 2.45) is 0 Å². The van der Waals surface area contributed by atoms with Crippen LogP contribution in [0.1, 0.15) is 123 Å². The molecule has 8 atom stereocenters. The normalized spacial score (nSPS) is 23.4. The summed E-state index contributed by atoms with van der Waals surface area (Å²) in [4.78, 5) is 0. The van der Waals surface area contributed by atoms with Gasteiger partial charge in [0.15, 0.2) is 0 Å². The molecule has 0 aliphatic carbocycles. The number of aliphatic hydroxyl groups is 2. The highest BCUT2D eigenvalue weighted by Gasteiger charge is 2.51. The number of unbranched alkanes of at least 4 members (excludes halogenated alkanes) is 9. The largest absolute Gasteiger partial charge is 0.388 e. The molecule has 0 amide bonds. The second-order valence-electron chi connectivity index (χ2n) is 17.0. The van der Waals surface area contributed by atoms with Crippen LogP contribution in [0.25, 0.3) is 0 Å². The Morgan fingerprint density at radius 2 is 1.00 bits per heavy atom. The van der Waals surface area contributed by atoms with E-state index in [2.05, 4.69) is 17.2 Å². The number of aromatic nitrogens is 3. The number of ether oxygens (including phenoxy) is 5. The van der Waals surface area contributed by atoms with Crippen LogP contribution in [0.4, 0.5) is 0 Å². The Hall–Kier alpha value is -4.26. The average Bonchev–Trinajstić information content (AvgIpc) is 3.83. The van der Waals surface area contributed by atoms with Crippen LogP contribution in [-0.4, -0.2) is 68.4 Å². The molecule has 3 heterocycles. The number of aliphatic hydroxyl groups excluding tert-OH is 2. The van der Waals surface area contributed by atoms with E-state index in [9.17, 15) is 10.2 Å². The minimum absolute atomic E-state index is 0.231. The monoisotopic (exact) mass is 845 g/mol. The number of nitrogens with zero attached hydrogens (tertiary/aromatic N) is 3. The van der Waals surface area contributed by atoms with Gasteiger partial charge in [-0.15, -0.1) is 5.10 Å². The van der Waals surface area contributed by atoms with E-state index in [1.165, 1.54) is 51.4 Å². The third kappa shape index (κ3) is 12.9. The van der Waals surface area contributed by atoms with Crippen LogP contribution in [0, 0.1) is 0 Å². The molecular formula is C52H67N3O7. The standard InChI is InChI=1S/C52H67N3O7/c1-2-3-4-5-6-7-8-9-10-23-32-43-47-49(57)48(56)44(55(47)54-53-43)33-45-50(59-35-40-26-17-12-18-27-40)52(61-37-42-30-21-14-22-31-42)51(60-36-41-28-19-13-20-29-41)46(62-45)38-58-34-39-24-15-11-16-25-39/h11-22,24-31,44-46,48-52,56-57H,2-10,23,32-38H2,1H3/t44-,45+,46+,48-,49+,50-,51-,52+/m0/s1. The van der Waals surface area contributed by atoms with Gasteiger partial charge in [0, 0.05) is 6.42 Å². The molecule has 2 N–H and O–H groups in total. The number of aryl methyl sites for hydroxylation is 1. The fourth-order valence-electron chi connectivity index (χ4n) is 8.91. The zero-order valence-corrected chi connectivity index (χ0v) is 36.5. The fraction of sp³-hybridized carbons (Fsp3) is 0.500. The number of benzene rings is 4. The first kappa shape index (κ1) is 45.8. The molecule has 5 aromatic rings. The van der Waals surface area contributed by atoms with Gasteiger partial charge in [-0.05, 0) is 35.1 Å². The SMILES string of the molecule is CCCCCCCCCCCCc1nnn2c1[C@@H](O)[C@@H](O)[C@@H]2C[C@H]1O[C@H](COCc2ccccc2)[C@H](OCc2ccccc2)[C@H](OCc2ccccc2)[C@H]1OCc1ccccc1. The topological polar surface area (TPSA) is 117 Å². The number of fused-ring (bicyclic) bond motifs is 1. The highest BCUT2D eigenvalue weighted by molar-refractivity contribution is 5.22. The molecule has 0 unspecified atom stereocenters. The lowest BCUT2D eigenvalue weighted by Crippen LogP contribution is -2.61. The summed E-state index contributed by atoms with van der Waals surface area (Å²) in [7, 11) is 0.